The Hall–Kier alpha value is -2.37. The van der Waals surface area contributed by atoms with Crippen LogP contribution in [0.15, 0.2) is 67.0 Å². The van der Waals surface area contributed by atoms with E-state index in [2.05, 4.69) is 27.9 Å². The third-order valence-corrected chi connectivity index (χ3v) is 4.09. The van der Waals surface area contributed by atoms with Crippen molar-refractivity contribution >= 4 is 34.6 Å². The van der Waals surface area contributed by atoms with Gasteiger partial charge in [0.05, 0.1) is 18.4 Å². The van der Waals surface area contributed by atoms with Crippen molar-refractivity contribution in [3.8, 4) is 0 Å². The summed E-state index contributed by atoms with van der Waals surface area (Å²) in [4.78, 5) is 0. The standard InChI is InChI=1S/C18H17ClN4S/c19-17-9-5-4-8-15(17)12-23-13-16(11-21-23)22-18(24)20-10-14-6-2-1-3-7-14/h1-9,11,13H,10,12H2,(H2,20,22,24). The van der Waals surface area contributed by atoms with Crippen molar-refractivity contribution in [1.82, 2.24) is 15.1 Å². The number of aromatic nitrogens is 2. The number of hydrogen-bond donors (Lipinski definition) is 2. The van der Waals surface area contributed by atoms with E-state index in [1.165, 1.54) is 5.56 Å². The van der Waals surface area contributed by atoms with E-state index in [1.54, 1.807) is 6.20 Å². The molecule has 1 heterocycles. The Morgan fingerprint density at radius 2 is 1.83 bits per heavy atom. The molecule has 0 aliphatic rings. The molecule has 3 rings (SSSR count). The summed E-state index contributed by atoms with van der Waals surface area (Å²) < 4.78 is 1.82. The van der Waals surface area contributed by atoms with Crippen LogP contribution in [0.25, 0.3) is 0 Å². The molecule has 2 N–H and O–H groups in total. The predicted molar refractivity (Wildman–Crippen MR) is 102 cm³/mol. The first-order valence-corrected chi connectivity index (χ1v) is 8.34. The van der Waals surface area contributed by atoms with E-state index in [4.69, 9.17) is 23.8 Å². The maximum Gasteiger partial charge on any atom is 0.171 e. The highest BCUT2D eigenvalue weighted by Gasteiger charge is 2.04. The molecule has 0 fully saturated rings. The van der Waals surface area contributed by atoms with Crippen molar-refractivity contribution in [2.75, 3.05) is 5.32 Å². The maximum atomic E-state index is 6.18. The number of nitrogens with zero attached hydrogens (tertiary/aromatic N) is 2. The Labute approximate surface area is 151 Å². The average molecular weight is 357 g/mol. The molecule has 0 radical (unpaired) electrons. The zero-order valence-electron chi connectivity index (χ0n) is 12.9. The second-order valence-electron chi connectivity index (χ2n) is 5.31. The number of thiocarbonyl (C=S) groups is 1. The number of benzene rings is 2. The first-order valence-electron chi connectivity index (χ1n) is 7.55. The van der Waals surface area contributed by atoms with Crippen LogP contribution < -0.4 is 10.6 Å². The lowest BCUT2D eigenvalue weighted by molar-refractivity contribution is 0.687. The molecule has 122 valence electrons. The van der Waals surface area contributed by atoms with Gasteiger partial charge in [0.1, 0.15) is 0 Å². The monoisotopic (exact) mass is 356 g/mol. The molecule has 0 bridgehead atoms. The van der Waals surface area contributed by atoms with Crippen LogP contribution in [0.3, 0.4) is 0 Å². The molecular weight excluding hydrogens is 340 g/mol. The van der Waals surface area contributed by atoms with Crippen molar-refractivity contribution in [2.24, 2.45) is 0 Å². The molecule has 6 heteroatoms. The zero-order valence-corrected chi connectivity index (χ0v) is 14.5. The van der Waals surface area contributed by atoms with Gasteiger partial charge in [-0.25, -0.2) is 0 Å². The minimum Gasteiger partial charge on any atom is -0.358 e. The molecule has 4 nitrogen and oxygen atoms in total. The molecule has 0 spiro atoms. The molecule has 3 aromatic rings. The fourth-order valence-electron chi connectivity index (χ4n) is 2.27. The van der Waals surface area contributed by atoms with Crippen LogP contribution in [0.2, 0.25) is 5.02 Å². The topological polar surface area (TPSA) is 41.9 Å². The van der Waals surface area contributed by atoms with Crippen LogP contribution in [0.4, 0.5) is 5.69 Å². The smallest absolute Gasteiger partial charge is 0.171 e. The lowest BCUT2D eigenvalue weighted by Gasteiger charge is -2.08. The van der Waals surface area contributed by atoms with Gasteiger partial charge in [-0.05, 0) is 29.4 Å². The van der Waals surface area contributed by atoms with Gasteiger partial charge < -0.3 is 10.6 Å². The lowest BCUT2D eigenvalue weighted by atomic mass is 10.2. The number of rotatable bonds is 5. The van der Waals surface area contributed by atoms with Crippen LogP contribution in [-0.2, 0) is 13.1 Å². The van der Waals surface area contributed by atoms with Crippen molar-refractivity contribution in [2.45, 2.75) is 13.1 Å². The van der Waals surface area contributed by atoms with E-state index in [0.717, 1.165) is 16.3 Å². The molecular formula is C18H17ClN4S. The minimum absolute atomic E-state index is 0.566. The molecule has 24 heavy (non-hydrogen) atoms. The highest BCUT2D eigenvalue weighted by Crippen LogP contribution is 2.16. The quantitative estimate of drug-likeness (QED) is 0.676. The number of halogens is 1. The van der Waals surface area contributed by atoms with Crippen molar-refractivity contribution < 1.29 is 0 Å². The first kappa shape index (κ1) is 16.5. The Balaban J connectivity index is 1.54. The van der Waals surface area contributed by atoms with Gasteiger partial charge in [-0.1, -0.05) is 60.1 Å². The predicted octanol–water partition coefficient (Wildman–Crippen LogP) is 4.07. The van der Waals surface area contributed by atoms with Gasteiger partial charge in [-0.3, -0.25) is 4.68 Å². The summed E-state index contributed by atoms with van der Waals surface area (Å²) in [7, 11) is 0. The Kier molecular flexibility index (Phi) is 5.46. The summed E-state index contributed by atoms with van der Waals surface area (Å²) in [5.41, 5.74) is 3.04. The summed E-state index contributed by atoms with van der Waals surface area (Å²) in [6, 6.07) is 17.9. The molecule has 0 saturated heterocycles. The molecule has 0 unspecified atom stereocenters. The number of hydrogen-bond acceptors (Lipinski definition) is 2. The van der Waals surface area contributed by atoms with Crippen LogP contribution in [0, 0.1) is 0 Å². The first-order chi connectivity index (χ1) is 11.7. The average Bonchev–Trinajstić information content (AvgIpc) is 3.03. The number of nitrogens with one attached hydrogen (secondary N) is 2. The Morgan fingerprint density at radius 1 is 1.08 bits per heavy atom. The molecule has 0 saturated carbocycles. The third kappa shape index (κ3) is 4.57. The van der Waals surface area contributed by atoms with E-state index in [0.29, 0.717) is 18.2 Å². The van der Waals surface area contributed by atoms with Crippen molar-refractivity contribution in [3.05, 3.63) is 83.1 Å². The Bertz CT molecular complexity index is 817. The normalized spacial score (nSPS) is 10.4. The number of anilines is 1. The summed E-state index contributed by atoms with van der Waals surface area (Å²) >= 11 is 11.5. The second kappa shape index (κ2) is 7.95. The van der Waals surface area contributed by atoms with Gasteiger partial charge in [0.2, 0.25) is 0 Å². The van der Waals surface area contributed by atoms with Crippen molar-refractivity contribution in [1.29, 1.82) is 0 Å². The largest absolute Gasteiger partial charge is 0.358 e. The lowest BCUT2D eigenvalue weighted by Crippen LogP contribution is -2.27. The third-order valence-electron chi connectivity index (χ3n) is 3.48. The highest BCUT2D eigenvalue weighted by molar-refractivity contribution is 7.80. The molecule has 0 atom stereocenters. The molecule has 0 aliphatic heterocycles. The van der Waals surface area contributed by atoms with Crippen molar-refractivity contribution in [3.63, 3.8) is 0 Å². The van der Waals surface area contributed by atoms with E-state index in [1.807, 2.05) is 53.3 Å². The van der Waals surface area contributed by atoms with Crippen LogP contribution in [-0.4, -0.2) is 14.9 Å². The van der Waals surface area contributed by atoms with E-state index >= 15 is 0 Å². The fourth-order valence-corrected chi connectivity index (χ4v) is 2.65. The molecule has 2 aromatic carbocycles. The summed E-state index contributed by atoms with van der Waals surface area (Å²) in [6.45, 7) is 1.30. The van der Waals surface area contributed by atoms with Gasteiger partial charge in [-0.15, -0.1) is 0 Å². The SMILES string of the molecule is S=C(NCc1ccccc1)Nc1cnn(Cc2ccccc2Cl)c1. The summed E-state index contributed by atoms with van der Waals surface area (Å²) in [5.74, 6) is 0. The summed E-state index contributed by atoms with van der Waals surface area (Å²) in [5, 5.41) is 12.0. The fraction of sp³-hybridized carbons (Fsp3) is 0.111. The van der Waals surface area contributed by atoms with E-state index in [9.17, 15) is 0 Å². The van der Waals surface area contributed by atoms with Crippen LogP contribution in [0.5, 0.6) is 0 Å². The minimum atomic E-state index is 0.566. The van der Waals surface area contributed by atoms with Gasteiger partial charge in [0, 0.05) is 17.8 Å². The van der Waals surface area contributed by atoms with Crippen LogP contribution in [0.1, 0.15) is 11.1 Å². The van der Waals surface area contributed by atoms with Gasteiger partial charge >= 0.3 is 0 Å². The maximum absolute atomic E-state index is 6.18. The van der Waals surface area contributed by atoms with Crippen LogP contribution >= 0.6 is 23.8 Å². The molecule has 1 aromatic heterocycles. The second-order valence-corrected chi connectivity index (χ2v) is 6.13. The van der Waals surface area contributed by atoms with E-state index < -0.39 is 0 Å². The van der Waals surface area contributed by atoms with Gasteiger partial charge in [-0.2, -0.15) is 5.10 Å². The molecule has 0 aliphatic carbocycles. The highest BCUT2D eigenvalue weighted by atomic mass is 35.5. The van der Waals surface area contributed by atoms with Gasteiger partial charge in [0.25, 0.3) is 0 Å². The summed E-state index contributed by atoms with van der Waals surface area (Å²) in [6.07, 6.45) is 3.65. The zero-order chi connectivity index (χ0) is 16.8. The van der Waals surface area contributed by atoms with Gasteiger partial charge in [0.15, 0.2) is 5.11 Å². The van der Waals surface area contributed by atoms with E-state index in [-0.39, 0.29) is 0 Å². The molecule has 0 amide bonds. The Morgan fingerprint density at radius 3 is 2.62 bits per heavy atom.